The van der Waals surface area contributed by atoms with Crippen molar-refractivity contribution in [3.8, 4) is 0 Å². The molecule has 2 bridgehead atoms. The fourth-order valence-corrected chi connectivity index (χ4v) is 3.28. The van der Waals surface area contributed by atoms with Gasteiger partial charge in [-0.25, -0.2) is 0 Å². The third-order valence-electron chi connectivity index (χ3n) is 4.25. The topological polar surface area (TPSA) is 17.1 Å². The van der Waals surface area contributed by atoms with Crippen LogP contribution >= 0.6 is 11.6 Å². The molecule has 0 amide bonds. The lowest BCUT2D eigenvalue weighted by Gasteiger charge is -2.64. The van der Waals surface area contributed by atoms with Gasteiger partial charge in [0.1, 0.15) is 5.78 Å². The predicted octanol–water partition coefficient (Wildman–Crippen LogP) is 2.62. The van der Waals surface area contributed by atoms with Crippen molar-refractivity contribution in [1.29, 1.82) is 0 Å². The van der Waals surface area contributed by atoms with Gasteiger partial charge in [0.25, 0.3) is 0 Å². The average Bonchev–Trinajstić information content (AvgIpc) is 1.99. The lowest BCUT2D eigenvalue weighted by atomic mass is 9.45. The summed E-state index contributed by atoms with van der Waals surface area (Å²) >= 11 is 6.45. The Bertz CT molecular complexity index is 246. The van der Waals surface area contributed by atoms with Crippen molar-refractivity contribution in [1.82, 2.24) is 0 Å². The smallest absolute Gasteiger partial charge is 0.137 e. The van der Waals surface area contributed by atoms with Crippen molar-refractivity contribution in [2.75, 3.05) is 0 Å². The molecule has 12 heavy (non-hydrogen) atoms. The van der Waals surface area contributed by atoms with Crippen molar-refractivity contribution in [3.63, 3.8) is 0 Å². The monoisotopic (exact) mass is 186 g/mol. The summed E-state index contributed by atoms with van der Waals surface area (Å²) in [6, 6.07) is 0. The number of rotatable bonds is 0. The molecule has 0 aromatic heterocycles. The molecule has 68 valence electrons. The number of alkyl halides is 1. The largest absolute Gasteiger partial charge is 0.299 e. The molecule has 0 saturated heterocycles. The Morgan fingerprint density at radius 2 is 2.08 bits per heavy atom. The highest BCUT2D eigenvalue weighted by Gasteiger charge is 2.66. The summed E-state index contributed by atoms with van der Waals surface area (Å²) in [7, 11) is 0. The Kier molecular flexibility index (Phi) is 1.47. The molecule has 3 rings (SSSR count). The minimum absolute atomic E-state index is 0.0548. The van der Waals surface area contributed by atoms with Crippen LogP contribution in [-0.2, 0) is 4.79 Å². The van der Waals surface area contributed by atoms with E-state index in [0.717, 1.165) is 12.8 Å². The second-order valence-corrected chi connectivity index (χ2v) is 5.55. The van der Waals surface area contributed by atoms with Crippen LogP contribution in [0.4, 0.5) is 0 Å². The van der Waals surface area contributed by atoms with E-state index in [9.17, 15) is 4.79 Å². The fourth-order valence-electron chi connectivity index (χ4n) is 2.82. The van der Waals surface area contributed by atoms with Gasteiger partial charge in [-0.3, -0.25) is 4.79 Å². The maximum Gasteiger partial charge on any atom is 0.137 e. The molecule has 3 atom stereocenters. The van der Waals surface area contributed by atoms with E-state index in [2.05, 4.69) is 13.8 Å². The minimum atomic E-state index is -0.229. The van der Waals surface area contributed by atoms with Gasteiger partial charge in [0.2, 0.25) is 0 Å². The summed E-state index contributed by atoms with van der Waals surface area (Å²) in [4.78, 5) is 11.2. The molecule has 0 N–H and O–H groups in total. The molecule has 0 aromatic carbocycles. The Hall–Kier alpha value is -0.0400. The summed E-state index contributed by atoms with van der Waals surface area (Å²) in [5, 5.41) is 0. The van der Waals surface area contributed by atoms with Gasteiger partial charge in [-0.15, -0.1) is 11.6 Å². The van der Waals surface area contributed by atoms with Gasteiger partial charge in [-0.05, 0) is 17.8 Å². The number of ketones is 1. The van der Waals surface area contributed by atoms with Gasteiger partial charge >= 0.3 is 0 Å². The van der Waals surface area contributed by atoms with E-state index < -0.39 is 0 Å². The van der Waals surface area contributed by atoms with Gasteiger partial charge in [0.05, 0.1) is 4.87 Å². The van der Waals surface area contributed by atoms with Gasteiger partial charge in [-0.1, -0.05) is 20.8 Å². The summed E-state index contributed by atoms with van der Waals surface area (Å²) < 4.78 is 0. The van der Waals surface area contributed by atoms with E-state index in [1.165, 1.54) is 0 Å². The normalized spacial score (nSPS) is 50.2. The van der Waals surface area contributed by atoms with Crippen LogP contribution in [0.2, 0.25) is 0 Å². The second-order valence-electron chi connectivity index (χ2n) is 4.88. The average molecular weight is 187 g/mol. The number of fused-ring (bicyclic) bond motifs is 2. The van der Waals surface area contributed by atoms with Gasteiger partial charge in [0.15, 0.2) is 0 Å². The zero-order chi connectivity index (χ0) is 9.15. The molecule has 0 heterocycles. The first-order chi connectivity index (χ1) is 5.39. The molecule has 1 nitrogen and oxygen atoms in total. The van der Waals surface area contributed by atoms with Crippen molar-refractivity contribution >= 4 is 17.4 Å². The first-order valence-electron chi connectivity index (χ1n) is 4.61. The Labute approximate surface area is 78.5 Å². The van der Waals surface area contributed by atoms with Crippen LogP contribution in [0.25, 0.3) is 0 Å². The maximum atomic E-state index is 11.4. The van der Waals surface area contributed by atoms with E-state index in [4.69, 9.17) is 11.6 Å². The molecule has 3 aliphatic rings. The molecule has 3 aliphatic carbocycles. The molecule has 2 heteroatoms. The van der Waals surface area contributed by atoms with Crippen LogP contribution in [0.5, 0.6) is 0 Å². The second kappa shape index (κ2) is 2.06. The van der Waals surface area contributed by atoms with Crippen LogP contribution in [0.15, 0.2) is 0 Å². The fraction of sp³-hybridized carbons (Fsp3) is 0.900. The quantitative estimate of drug-likeness (QED) is 0.532. The maximum absolute atomic E-state index is 11.4. The number of carbonyl (C=O) groups excluding carboxylic acids is 1. The molecule has 3 fully saturated rings. The summed E-state index contributed by atoms with van der Waals surface area (Å²) in [5.74, 6) is 0.957. The van der Waals surface area contributed by atoms with Crippen molar-refractivity contribution in [2.24, 2.45) is 17.3 Å². The standard InChI is InChI=1S/C10H15ClO/c1-6-8(12)4-7-5-10(6,11)9(7,2)3/h6-7H,4-5H2,1-3H3/t6?,7?,10-/m0/s1. The van der Waals surface area contributed by atoms with Crippen LogP contribution in [-0.4, -0.2) is 10.7 Å². The van der Waals surface area contributed by atoms with E-state index in [-0.39, 0.29) is 16.2 Å². The Morgan fingerprint density at radius 3 is 2.50 bits per heavy atom. The highest BCUT2D eigenvalue weighted by Crippen LogP contribution is 2.66. The number of Topliss-reactive ketones (excluding diaryl/α,β-unsaturated/α-hetero) is 1. The van der Waals surface area contributed by atoms with E-state index in [1.54, 1.807) is 0 Å². The molecule has 0 aliphatic heterocycles. The molecular formula is C10H15ClO. The number of hydrogen-bond donors (Lipinski definition) is 0. The van der Waals surface area contributed by atoms with Crippen molar-refractivity contribution in [2.45, 2.75) is 38.5 Å². The molecule has 0 aromatic rings. The van der Waals surface area contributed by atoms with Gasteiger partial charge < -0.3 is 0 Å². The Balaban J connectivity index is 2.36. The molecule has 3 saturated carbocycles. The molecule has 2 unspecified atom stereocenters. The lowest BCUT2D eigenvalue weighted by Crippen LogP contribution is -2.66. The third kappa shape index (κ3) is 0.693. The number of carbonyl (C=O) groups is 1. The lowest BCUT2D eigenvalue weighted by molar-refractivity contribution is -0.146. The van der Waals surface area contributed by atoms with Gasteiger partial charge in [-0.2, -0.15) is 0 Å². The zero-order valence-corrected chi connectivity index (χ0v) is 8.61. The highest BCUT2D eigenvalue weighted by molar-refractivity contribution is 6.27. The Morgan fingerprint density at radius 1 is 1.50 bits per heavy atom. The summed E-state index contributed by atoms with van der Waals surface area (Å²) in [6.07, 6.45) is 1.79. The zero-order valence-electron chi connectivity index (χ0n) is 7.86. The van der Waals surface area contributed by atoms with E-state index in [1.807, 2.05) is 6.92 Å². The van der Waals surface area contributed by atoms with E-state index >= 15 is 0 Å². The minimum Gasteiger partial charge on any atom is -0.299 e. The number of hydrogen-bond acceptors (Lipinski definition) is 1. The van der Waals surface area contributed by atoms with Crippen molar-refractivity contribution < 1.29 is 4.79 Å². The van der Waals surface area contributed by atoms with Crippen LogP contribution in [0, 0.1) is 17.3 Å². The summed E-state index contributed by atoms with van der Waals surface area (Å²) in [6.45, 7) is 6.36. The molecule has 0 radical (unpaired) electrons. The SMILES string of the molecule is CC1C(=O)CC2C[C@@]1(Cl)C2(C)C. The first kappa shape index (κ1) is 8.55. The van der Waals surface area contributed by atoms with E-state index in [0.29, 0.717) is 11.7 Å². The highest BCUT2D eigenvalue weighted by atomic mass is 35.5. The third-order valence-corrected chi connectivity index (χ3v) is 5.22. The molecule has 0 spiro atoms. The predicted molar refractivity (Wildman–Crippen MR) is 49.3 cm³/mol. The van der Waals surface area contributed by atoms with Gasteiger partial charge in [0, 0.05) is 12.3 Å². The van der Waals surface area contributed by atoms with Crippen LogP contribution in [0.1, 0.15) is 33.6 Å². The number of halogens is 1. The van der Waals surface area contributed by atoms with Crippen molar-refractivity contribution in [3.05, 3.63) is 0 Å². The first-order valence-corrected chi connectivity index (χ1v) is 4.99. The molecular weight excluding hydrogens is 172 g/mol. The summed E-state index contributed by atoms with van der Waals surface area (Å²) in [5.41, 5.74) is 0.169. The van der Waals surface area contributed by atoms with Crippen LogP contribution in [0.3, 0.4) is 0 Å². The van der Waals surface area contributed by atoms with Crippen LogP contribution < -0.4 is 0 Å².